The Morgan fingerprint density at radius 1 is 1.15 bits per heavy atom. The fourth-order valence-electron chi connectivity index (χ4n) is 3.76. The maximum absolute atomic E-state index is 12.9. The van der Waals surface area contributed by atoms with Crippen LogP contribution >= 0.6 is 11.3 Å². The van der Waals surface area contributed by atoms with Crippen molar-refractivity contribution < 1.29 is 9.53 Å². The molecular formula is C21H26N2O2S. The van der Waals surface area contributed by atoms with Crippen LogP contribution in [0.2, 0.25) is 0 Å². The van der Waals surface area contributed by atoms with Gasteiger partial charge in [0.05, 0.1) is 12.1 Å². The van der Waals surface area contributed by atoms with Gasteiger partial charge in [0.1, 0.15) is 17.4 Å². The lowest BCUT2D eigenvalue weighted by Gasteiger charge is -2.29. The second-order valence-electron chi connectivity index (χ2n) is 7.48. The summed E-state index contributed by atoms with van der Waals surface area (Å²) in [6.45, 7) is 2.52. The Morgan fingerprint density at radius 3 is 2.54 bits per heavy atom. The van der Waals surface area contributed by atoms with Crippen molar-refractivity contribution >= 4 is 17.2 Å². The lowest BCUT2D eigenvalue weighted by atomic mass is 10.1. The Labute approximate surface area is 159 Å². The van der Waals surface area contributed by atoms with Crippen LogP contribution in [-0.4, -0.2) is 27.9 Å². The summed E-state index contributed by atoms with van der Waals surface area (Å²) in [5.41, 5.74) is 2.10. The van der Waals surface area contributed by atoms with Crippen molar-refractivity contribution in [2.24, 2.45) is 0 Å². The molecule has 138 valence electrons. The topological polar surface area (TPSA) is 42.4 Å². The highest BCUT2D eigenvalue weighted by Gasteiger charge is 2.38. The van der Waals surface area contributed by atoms with Gasteiger partial charge in [0.2, 0.25) is 5.91 Å². The second-order valence-corrected chi connectivity index (χ2v) is 8.42. The molecule has 1 aromatic carbocycles. The predicted molar refractivity (Wildman–Crippen MR) is 103 cm³/mol. The monoisotopic (exact) mass is 370 g/mol. The Kier molecular flexibility index (Phi) is 5.25. The molecule has 1 heterocycles. The van der Waals surface area contributed by atoms with Gasteiger partial charge in [-0.25, -0.2) is 4.98 Å². The molecule has 1 amide bonds. The van der Waals surface area contributed by atoms with Gasteiger partial charge in [-0.2, -0.15) is 0 Å². The second kappa shape index (κ2) is 7.78. The molecule has 4 nitrogen and oxygen atoms in total. The molecule has 26 heavy (non-hydrogen) atoms. The van der Waals surface area contributed by atoms with E-state index in [2.05, 4.69) is 16.8 Å². The van der Waals surface area contributed by atoms with Crippen LogP contribution in [0.15, 0.2) is 29.6 Å². The molecule has 2 aliphatic rings. The van der Waals surface area contributed by atoms with E-state index in [0.717, 1.165) is 16.5 Å². The molecule has 0 atom stereocenters. The van der Waals surface area contributed by atoms with Gasteiger partial charge in [-0.1, -0.05) is 30.5 Å². The maximum atomic E-state index is 12.9. The first-order valence-electron chi connectivity index (χ1n) is 9.63. The summed E-state index contributed by atoms with van der Waals surface area (Å²) in [7, 11) is 0. The van der Waals surface area contributed by atoms with Crippen LogP contribution in [0.4, 0.5) is 0 Å². The van der Waals surface area contributed by atoms with Gasteiger partial charge in [0, 0.05) is 17.5 Å². The van der Waals surface area contributed by atoms with Crippen molar-refractivity contribution in [3.63, 3.8) is 0 Å². The Bertz CT molecular complexity index is 746. The lowest BCUT2D eigenvalue weighted by molar-refractivity contribution is -0.133. The molecule has 1 aromatic heterocycles. The van der Waals surface area contributed by atoms with E-state index in [-0.39, 0.29) is 5.91 Å². The van der Waals surface area contributed by atoms with E-state index in [9.17, 15) is 4.79 Å². The number of hydrogen-bond donors (Lipinski definition) is 0. The molecule has 0 aliphatic heterocycles. The number of rotatable bonds is 7. The van der Waals surface area contributed by atoms with E-state index in [4.69, 9.17) is 4.74 Å². The summed E-state index contributed by atoms with van der Waals surface area (Å²) in [5.74, 6) is 1.11. The predicted octanol–water partition coefficient (Wildman–Crippen LogP) is 4.51. The van der Waals surface area contributed by atoms with Gasteiger partial charge in [0.15, 0.2) is 0 Å². The van der Waals surface area contributed by atoms with E-state index >= 15 is 0 Å². The first-order chi connectivity index (χ1) is 12.7. The highest BCUT2D eigenvalue weighted by atomic mass is 32.1. The van der Waals surface area contributed by atoms with E-state index in [1.165, 1.54) is 44.1 Å². The third kappa shape index (κ3) is 4.26. The molecule has 0 spiro atoms. The van der Waals surface area contributed by atoms with Gasteiger partial charge in [-0.3, -0.25) is 4.79 Å². The number of amides is 1. The van der Waals surface area contributed by atoms with Crippen LogP contribution in [0.3, 0.4) is 0 Å². The average Bonchev–Trinajstić information content (AvgIpc) is 3.13. The van der Waals surface area contributed by atoms with Crippen molar-refractivity contribution in [3.05, 3.63) is 45.9 Å². The number of aryl methyl sites for hydroxylation is 1. The van der Waals surface area contributed by atoms with Crippen molar-refractivity contribution in [2.45, 2.75) is 70.6 Å². The molecule has 0 N–H and O–H groups in total. The lowest BCUT2D eigenvalue weighted by Crippen LogP contribution is -2.41. The van der Waals surface area contributed by atoms with Crippen molar-refractivity contribution in [2.75, 3.05) is 0 Å². The van der Waals surface area contributed by atoms with Crippen LogP contribution in [-0.2, 0) is 17.8 Å². The number of carbonyl (C=O) groups excluding carboxylic acids is 1. The normalized spacial score (nSPS) is 17.4. The molecule has 0 unspecified atom stereocenters. The van der Waals surface area contributed by atoms with Crippen molar-refractivity contribution in [1.29, 1.82) is 0 Å². The number of thiazole rings is 1. The van der Waals surface area contributed by atoms with E-state index in [0.29, 0.717) is 25.1 Å². The first kappa shape index (κ1) is 17.5. The molecule has 2 fully saturated rings. The largest absolute Gasteiger partial charge is 0.486 e. The fraction of sp³-hybridized carbons (Fsp3) is 0.524. The van der Waals surface area contributed by atoms with E-state index < -0.39 is 0 Å². The third-order valence-corrected chi connectivity index (χ3v) is 6.13. The molecule has 4 rings (SSSR count). The molecule has 0 radical (unpaired) electrons. The van der Waals surface area contributed by atoms with Gasteiger partial charge in [-0.05, 0) is 44.7 Å². The number of ether oxygens (including phenoxy) is 1. The van der Waals surface area contributed by atoms with Gasteiger partial charge >= 0.3 is 0 Å². The Balaban J connectivity index is 1.33. The van der Waals surface area contributed by atoms with Crippen molar-refractivity contribution in [1.82, 2.24) is 9.88 Å². The molecule has 2 saturated carbocycles. The smallest absolute Gasteiger partial charge is 0.229 e. The van der Waals surface area contributed by atoms with Crippen LogP contribution in [0, 0.1) is 6.92 Å². The highest BCUT2D eigenvalue weighted by Crippen LogP contribution is 2.35. The minimum atomic E-state index is 0.260. The first-order valence-corrected chi connectivity index (χ1v) is 10.5. The van der Waals surface area contributed by atoms with Crippen LogP contribution in [0.1, 0.15) is 54.8 Å². The zero-order valence-electron chi connectivity index (χ0n) is 15.3. The number of hydrogen-bond acceptors (Lipinski definition) is 4. The summed E-state index contributed by atoms with van der Waals surface area (Å²) >= 11 is 1.58. The van der Waals surface area contributed by atoms with Gasteiger partial charge < -0.3 is 9.64 Å². The average molecular weight is 371 g/mol. The maximum Gasteiger partial charge on any atom is 0.229 e. The summed E-state index contributed by atoms with van der Waals surface area (Å²) in [4.78, 5) is 19.7. The highest BCUT2D eigenvalue weighted by molar-refractivity contribution is 7.09. The molecular weight excluding hydrogens is 344 g/mol. The zero-order chi connectivity index (χ0) is 17.9. The third-order valence-electron chi connectivity index (χ3n) is 5.26. The van der Waals surface area contributed by atoms with Crippen LogP contribution in [0.25, 0.3) is 0 Å². The summed E-state index contributed by atoms with van der Waals surface area (Å²) < 4.78 is 5.79. The molecule has 2 aliphatic carbocycles. The van der Waals surface area contributed by atoms with E-state index in [1.807, 2.05) is 29.6 Å². The fourth-order valence-corrected chi connectivity index (χ4v) is 4.47. The minimum absolute atomic E-state index is 0.260. The molecule has 5 heteroatoms. The summed E-state index contributed by atoms with van der Waals surface area (Å²) in [6, 6.07) is 8.99. The number of carbonyl (C=O) groups is 1. The van der Waals surface area contributed by atoms with Gasteiger partial charge in [-0.15, -0.1) is 11.3 Å². The molecule has 0 bridgehead atoms. The number of benzene rings is 1. The van der Waals surface area contributed by atoms with Gasteiger partial charge in [0.25, 0.3) is 0 Å². The summed E-state index contributed by atoms with van der Waals surface area (Å²) in [6.07, 6.45) is 7.65. The van der Waals surface area contributed by atoms with Crippen LogP contribution in [0.5, 0.6) is 5.75 Å². The zero-order valence-corrected chi connectivity index (χ0v) is 16.1. The standard InChI is InChI=1S/C21H26N2O2S/c1-15-6-10-19(11-7-15)25-13-20-22-16(14-26-20)12-21(24)23(18-8-9-18)17-4-2-3-5-17/h6-7,10-11,14,17-18H,2-5,8-9,12-13H2,1H3. The Hall–Kier alpha value is -1.88. The number of nitrogens with zero attached hydrogens (tertiary/aromatic N) is 2. The SMILES string of the molecule is Cc1ccc(OCc2nc(CC(=O)N(C3CCCC3)C3CC3)cs2)cc1. The van der Waals surface area contributed by atoms with Crippen LogP contribution < -0.4 is 4.74 Å². The summed E-state index contributed by atoms with van der Waals surface area (Å²) in [5, 5.41) is 2.93. The molecule has 2 aromatic rings. The quantitative estimate of drug-likeness (QED) is 0.720. The Morgan fingerprint density at radius 2 is 1.85 bits per heavy atom. The minimum Gasteiger partial charge on any atom is -0.486 e. The number of aromatic nitrogens is 1. The van der Waals surface area contributed by atoms with E-state index in [1.54, 1.807) is 11.3 Å². The van der Waals surface area contributed by atoms with Crippen molar-refractivity contribution in [3.8, 4) is 5.75 Å². The molecule has 0 saturated heterocycles.